The van der Waals surface area contributed by atoms with Crippen molar-refractivity contribution in [1.29, 1.82) is 0 Å². The van der Waals surface area contributed by atoms with Gasteiger partial charge in [-0.15, -0.1) is 12.4 Å². The zero-order chi connectivity index (χ0) is 24.9. The van der Waals surface area contributed by atoms with Crippen molar-refractivity contribution in [1.82, 2.24) is 9.80 Å². The van der Waals surface area contributed by atoms with E-state index < -0.39 is 0 Å². The minimum Gasteiger partial charge on any atom is -0.493 e. The highest BCUT2D eigenvalue weighted by Gasteiger charge is 2.25. The van der Waals surface area contributed by atoms with Gasteiger partial charge in [0.2, 0.25) is 5.91 Å². The van der Waals surface area contributed by atoms with Gasteiger partial charge in [-0.3, -0.25) is 4.79 Å². The number of fused-ring (bicyclic) bond motifs is 2. The van der Waals surface area contributed by atoms with Gasteiger partial charge >= 0.3 is 0 Å². The molecule has 0 aromatic heterocycles. The highest BCUT2D eigenvalue weighted by molar-refractivity contribution is 5.85. The number of amides is 1. The Bertz CT molecular complexity index is 1060. The average molecular weight is 519 g/mol. The predicted molar refractivity (Wildman–Crippen MR) is 143 cm³/mol. The molecule has 0 N–H and O–H groups in total. The molecule has 2 aliphatic rings. The average Bonchev–Trinajstić information content (AvgIpc) is 3.03. The summed E-state index contributed by atoms with van der Waals surface area (Å²) in [5.74, 6) is 3.19. The Morgan fingerprint density at radius 1 is 0.833 bits per heavy atom. The lowest BCUT2D eigenvalue weighted by Gasteiger charge is -2.33. The molecule has 1 amide bonds. The molecule has 1 aliphatic heterocycles. The number of hydrogen-bond donors (Lipinski definition) is 0. The molecule has 1 aliphatic carbocycles. The number of rotatable bonds is 9. The number of nitrogens with zero attached hydrogens (tertiary/aromatic N) is 2. The third kappa shape index (κ3) is 6.01. The molecule has 0 bridgehead atoms. The van der Waals surface area contributed by atoms with Gasteiger partial charge in [-0.1, -0.05) is 0 Å². The molecule has 1 atom stereocenters. The number of halogens is 1. The van der Waals surface area contributed by atoms with Crippen molar-refractivity contribution in [2.45, 2.75) is 44.6 Å². The lowest BCUT2D eigenvalue weighted by Crippen LogP contribution is -2.39. The van der Waals surface area contributed by atoms with Gasteiger partial charge in [0.25, 0.3) is 0 Å². The van der Waals surface area contributed by atoms with Crippen LogP contribution in [0.15, 0.2) is 24.3 Å². The van der Waals surface area contributed by atoms with Crippen molar-refractivity contribution in [2.75, 3.05) is 55.1 Å². The van der Waals surface area contributed by atoms with E-state index in [4.69, 9.17) is 18.9 Å². The van der Waals surface area contributed by atoms with Crippen molar-refractivity contribution < 1.29 is 23.7 Å². The molecular weight excluding hydrogens is 480 g/mol. The second-order valence-electron chi connectivity index (χ2n) is 9.49. The van der Waals surface area contributed by atoms with Crippen LogP contribution < -0.4 is 18.9 Å². The molecule has 7 nitrogen and oxygen atoms in total. The van der Waals surface area contributed by atoms with Crippen molar-refractivity contribution in [3.05, 3.63) is 46.5 Å². The Kier molecular flexibility index (Phi) is 9.74. The first-order valence-electron chi connectivity index (χ1n) is 12.4. The van der Waals surface area contributed by atoms with Crippen LogP contribution in [0.25, 0.3) is 0 Å². The number of hydrogen-bond acceptors (Lipinski definition) is 6. The van der Waals surface area contributed by atoms with Gasteiger partial charge in [-0.25, -0.2) is 0 Å². The number of ether oxygens (including phenoxy) is 4. The Labute approximate surface area is 221 Å². The number of methoxy groups -OCH3 is 4. The SMILES string of the molecule is COc1cc2c(cc1OC)CC(=O)N(CCCN(C)C1CCc3cc(OC)c(OC)cc3C1)CC2.Cl. The summed E-state index contributed by atoms with van der Waals surface area (Å²) in [6.45, 7) is 2.48. The second kappa shape index (κ2) is 12.5. The van der Waals surface area contributed by atoms with Crippen LogP contribution >= 0.6 is 12.4 Å². The normalized spacial score (nSPS) is 17.0. The van der Waals surface area contributed by atoms with Gasteiger partial charge in [0.1, 0.15) is 0 Å². The van der Waals surface area contributed by atoms with E-state index in [2.05, 4.69) is 24.1 Å². The number of likely N-dealkylation sites (N-methyl/N-ethyl adjacent to an activating group) is 1. The summed E-state index contributed by atoms with van der Waals surface area (Å²) in [7, 11) is 8.85. The minimum absolute atomic E-state index is 0. The molecule has 36 heavy (non-hydrogen) atoms. The Morgan fingerprint density at radius 3 is 1.94 bits per heavy atom. The van der Waals surface area contributed by atoms with Gasteiger partial charge < -0.3 is 28.7 Å². The fourth-order valence-electron chi connectivity index (χ4n) is 5.39. The lowest BCUT2D eigenvalue weighted by molar-refractivity contribution is -0.130. The molecule has 1 heterocycles. The van der Waals surface area contributed by atoms with Crippen LogP contribution in [-0.4, -0.2) is 76.9 Å². The maximum absolute atomic E-state index is 13.0. The molecule has 198 valence electrons. The summed E-state index contributed by atoms with van der Waals surface area (Å²) >= 11 is 0. The van der Waals surface area contributed by atoms with E-state index in [1.165, 1.54) is 16.7 Å². The molecule has 0 spiro atoms. The van der Waals surface area contributed by atoms with Crippen molar-refractivity contribution in [2.24, 2.45) is 0 Å². The molecule has 4 rings (SSSR count). The second-order valence-corrected chi connectivity index (χ2v) is 9.49. The van der Waals surface area contributed by atoms with E-state index >= 15 is 0 Å². The third-order valence-corrected chi connectivity index (χ3v) is 7.52. The molecule has 0 radical (unpaired) electrons. The van der Waals surface area contributed by atoms with Crippen LogP contribution in [-0.2, 0) is 30.5 Å². The van der Waals surface area contributed by atoms with Crippen molar-refractivity contribution in [3.63, 3.8) is 0 Å². The Balaban J connectivity index is 0.00000361. The quantitative estimate of drug-likeness (QED) is 0.501. The number of carbonyl (C=O) groups is 1. The molecule has 0 saturated carbocycles. The van der Waals surface area contributed by atoms with Crippen LogP contribution in [0.2, 0.25) is 0 Å². The van der Waals surface area contributed by atoms with Gasteiger partial charge in [0, 0.05) is 19.1 Å². The van der Waals surface area contributed by atoms with Crippen LogP contribution in [0.4, 0.5) is 0 Å². The zero-order valence-corrected chi connectivity index (χ0v) is 22.9. The van der Waals surface area contributed by atoms with E-state index in [-0.39, 0.29) is 18.3 Å². The van der Waals surface area contributed by atoms with E-state index in [1.54, 1.807) is 28.4 Å². The van der Waals surface area contributed by atoms with E-state index in [0.717, 1.165) is 74.6 Å². The number of carbonyl (C=O) groups excluding carboxylic acids is 1. The van der Waals surface area contributed by atoms with E-state index in [1.807, 2.05) is 17.0 Å². The third-order valence-electron chi connectivity index (χ3n) is 7.52. The van der Waals surface area contributed by atoms with Crippen LogP contribution in [0.1, 0.15) is 35.1 Å². The lowest BCUT2D eigenvalue weighted by atomic mass is 9.87. The van der Waals surface area contributed by atoms with Gasteiger partial charge in [-0.05, 0) is 92.2 Å². The Morgan fingerprint density at radius 2 is 1.36 bits per heavy atom. The standard InChI is InChI=1S/C28H38N2O5.ClH/c1-29(23-8-7-19-14-24(32-2)26(34-4)16-21(19)13-23)10-6-11-30-12-9-20-15-25(33-3)27(35-5)17-22(20)18-28(30)31;/h14-17,23H,6-13,18H2,1-5H3;1H. The van der Waals surface area contributed by atoms with E-state index in [9.17, 15) is 4.79 Å². The highest BCUT2D eigenvalue weighted by Crippen LogP contribution is 2.35. The maximum Gasteiger partial charge on any atom is 0.227 e. The van der Waals surface area contributed by atoms with E-state index in [0.29, 0.717) is 18.2 Å². The van der Waals surface area contributed by atoms with Crippen LogP contribution in [0.3, 0.4) is 0 Å². The van der Waals surface area contributed by atoms with Crippen LogP contribution in [0, 0.1) is 0 Å². The smallest absolute Gasteiger partial charge is 0.227 e. The molecule has 2 aromatic rings. The molecular formula is C28H39ClN2O5. The highest BCUT2D eigenvalue weighted by atomic mass is 35.5. The summed E-state index contributed by atoms with van der Waals surface area (Å²) in [6, 6.07) is 8.72. The molecule has 1 unspecified atom stereocenters. The first-order chi connectivity index (χ1) is 17.0. The van der Waals surface area contributed by atoms with Crippen LogP contribution in [0.5, 0.6) is 23.0 Å². The topological polar surface area (TPSA) is 60.5 Å². The van der Waals surface area contributed by atoms with Crippen molar-refractivity contribution in [3.8, 4) is 23.0 Å². The fourth-order valence-corrected chi connectivity index (χ4v) is 5.39. The van der Waals surface area contributed by atoms with Gasteiger partial charge in [0.05, 0.1) is 34.9 Å². The molecule has 8 heteroatoms. The maximum atomic E-state index is 13.0. The largest absolute Gasteiger partial charge is 0.493 e. The minimum atomic E-state index is 0. The zero-order valence-electron chi connectivity index (χ0n) is 22.1. The summed E-state index contributed by atoms with van der Waals surface area (Å²) in [6.07, 6.45) is 5.38. The number of aryl methyl sites for hydroxylation is 1. The predicted octanol–water partition coefficient (Wildman–Crippen LogP) is 3.95. The van der Waals surface area contributed by atoms with Gasteiger partial charge in [-0.2, -0.15) is 0 Å². The summed E-state index contributed by atoms with van der Waals surface area (Å²) in [5.41, 5.74) is 4.91. The molecule has 2 aromatic carbocycles. The first kappa shape index (κ1) is 27.9. The van der Waals surface area contributed by atoms with Gasteiger partial charge in [0.15, 0.2) is 23.0 Å². The Hall–Kier alpha value is -2.64. The monoisotopic (exact) mass is 518 g/mol. The molecule has 0 fully saturated rings. The van der Waals surface area contributed by atoms with Crippen molar-refractivity contribution >= 4 is 18.3 Å². The summed E-state index contributed by atoms with van der Waals surface area (Å²) < 4.78 is 21.9. The summed E-state index contributed by atoms with van der Waals surface area (Å²) in [4.78, 5) is 17.4. The number of benzene rings is 2. The summed E-state index contributed by atoms with van der Waals surface area (Å²) in [5, 5.41) is 0. The first-order valence-corrected chi connectivity index (χ1v) is 12.4. The fraction of sp³-hybridized carbons (Fsp3) is 0.536. The molecule has 0 saturated heterocycles.